The largest absolute Gasteiger partial charge is 0.315 e. The van der Waals surface area contributed by atoms with Gasteiger partial charge in [0.1, 0.15) is 0 Å². The van der Waals surface area contributed by atoms with E-state index in [4.69, 9.17) is 0 Å². The van der Waals surface area contributed by atoms with Gasteiger partial charge in [-0.2, -0.15) is 0 Å². The van der Waals surface area contributed by atoms with Crippen molar-refractivity contribution in [2.45, 2.75) is 53.1 Å². The molecule has 2 heteroatoms. The fourth-order valence-corrected chi connectivity index (χ4v) is 2.58. The molecule has 0 amide bonds. The van der Waals surface area contributed by atoms with E-state index in [9.17, 15) is 0 Å². The molecule has 0 aliphatic carbocycles. The average Bonchev–Trinajstić information content (AvgIpc) is 2.13. The Morgan fingerprint density at radius 2 is 1.87 bits per heavy atom. The highest BCUT2D eigenvalue weighted by Crippen LogP contribution is 2.18. The van der Waals surface area contributed by atoms with Crippen molar-refractivity contribution in [3.05, 3.63) is 0 Å². The third kappa shape index (κ3) is 4.12. The Bertz CT molecular complexity index is 177. The van der Waals surface area contributed by atoms with Crippen LogP contribution in [0.5, 0.6) is 0 Å². The van der Waals surface area contributed by atoms with Crippen molar-refractivity contribution in [3.63, 3.8) is 0 Å². The molecule has 0 aromatic heterocycles. The Balaban J connectivity index is 2.54. The molecule has 2 atom stereocenters. The summed E-state index contributed by atoms with van der Waals surface area (Å²) in [6.45, 7) is 15.2. The quantitative estimate of drug-likeness (QED) is 0.769. The fraction of sp³-hybridized carbons (Fsp3) is 1.00. The minimum Gasteiger partial charge on any atom is -0.315 e. The van der Waals surface area contributed by atoms with Crippen molar-refractivity contribution in [3.8, 4) is 0 Å². The molecule has 0 saturated carbocycles. The van der Waals surface area contributed by atoms with Crippen LogP contribution in [0.2, 0.25) is 0 Å². The van der Waals surface area contributed by atoms with E-state index in [-0.39, 0.29) is 0 Å². The number of hydrogen-bond acceptors (Lipinski definition) is 2. The van der Waals surface area contributed by atoms with Crippen LogP contribution in [0.25, 0.3) is 0 Å². The Kier molecular flexibility index (Phi) is 5.07. The normalized spacial score (nSPS) is 28.0. The van der Waals surface area contributed by atoms with Gasteiger partial charge in [-0.1, -0.05) is 20.8 Å². The maximum atomic E-state index is 3.55. The van der Waals surface area contributed by atoms with E-state index in [1.54, 1.807) is 0 Å². The molecule has 1 aliphatic heterocycles. The summed E-state index contributed by atoms with van der Waals surface area (Å²) in [7, 11) is 0. The van der Waals surface area contributed by atoms with Crippen molar-refractivity contribution in [2.75, 3.05) is 19.6 Å². The van der Waals surface area contributed by atoms with E-state index in [1.807, 2.05) is 0 Å². The lowest BCUT2D eigenvalue weighted by Crippen LogP contribution is -2.52. The first kappa shape index (κ1) is 13.0. The molecule has 15 heavy (non-hydrogen) atoms. The van der Waals surface area contributed by atoms with Crippen molar-refractivity contribution in [1.29, 1.82) is 0 Å². The van der Waals surface area contributed by atoms with Gasteiger partial charge in [-0.05, 0) is 38.6 Å². The molecule has 2 unspecified atom stereocenters. The number of piperidine rings is 1. The Labute approximate surface area is 95.4 Å². The van der Waals surface area contributed by atoms with Crippen LogP contribution in [-0.2, 0) is 0 Å². The summed E-state index contributed by atoms with van der Waals surface area (Å²) >= 11 is 0. The second-order valence-electron chi connectivity index (χ2n) is 5.84. The van der Waals surface area contributed by atoms with Crippen molar-refractivity contribution >= 4 is 0 Å². The third-order valence-electron chi connectivity index (χ3n) is 3.26. The second-order valence-corrected chi connectivity index (χ2v) is 5.84. The first-order valence-corrected chi connectivity index (χ1v) is 6.47. The highest BCUT2D eigenvalue weighted by Gasteiger charge is 2.26. The van der Waals surface area contributed by atoms with Gasteiger partial charge in [-0.25, -0.2) is 0 Å². The lowest BCUT2D eigenvalue weighted by atomic mass is 9.95. The second kappa shape index (κ2) is 5.86. The molecule has 1 aliphatic rings. The topological polar surface area (TPSA) is 15.3 Å². The first-order valence-electron chi connectivity index (χ1n) is 6.47. The highest BCUT2D eigenvalue weighted by atomic mass is 15.2. The molecule has 1 heterocycles. The molecule has 90 valence electrons. The van der Waals surface area contributed by atoms with E-state index in [2.05, 4.69) is 44.8 Å². The monoisotopic (exact) mass is 212 g/mol. The molecule has 1 N–H and O–H groups in total. The van der Waals surface area contributed by atoms with Crippen molar-refractivity contribution in [1.82, 2.24) is 10.2 Å². The minimum absolute atomic E-state index is 0.671. The summed E-state index contributed by atoms with van der Waals surface area (Å²) in [5, 5.41) is 3.55. The third-order valence-corrected chi connectivity index (χ3v) is 3.26. The summed E-state index contributed by atoms with van der Waals surface area (Å²) in [4.78, 5) is 2.67. The van der Waals surface area contributed by atoms with Gasteiger partial charge in [0.25, 0.3) is 0 Å². The predicted molar refractivity (Wildman–Crippen MR) is 67.1 cm³/mol. The van der Waals surface area contributed by atoms with Crippen LogP contribution in [0.3, 0.4) is 0 Å². The highest BCUT2D eigenvalue weighted by molar-refractivity contribution is 4.83. The van der Waals surface area contributed by atoms with E-state index in [1.165, 1.54) is 26.1 Å². The molecular weight excluding hydrogens is 184 g/mol. The van der Waals surface area contributed by atoms with E-state index in [0.717, 1.165) is 17.9 Å². The molecule has 2 nitrogen and oxygen atoms in total. The zero-order chi connectivity index (χ0) is 11.4. The van der Waals surface area contributed by atoms with Gasteiger partial charge >= 0.3 is 0 Å². The molecule has 0 aromatic carbocycles. The molecule has 1 rings (SSSR count). The van der Waals surface area contributed by atoms with E-state index in [0.29, 0.717) is 6.04 Å². The number of rotatable bonds is 4. The standard InChI is InChI=1S/C13H28N2/c1-10(2)9-15(11(3)4)13-6-12(5)7-14-8-13/h10-14H,6-9H2,1-5H3. The van der Waals surface area contributed by atoms with Crippen molar-refractivity contribution in [2.24, 2.45) is 11.8 Å². The number of nitrogens with one attached hydrogen (secondary N) is 1. The zero-order valence-corrected chi connectivity index (χ0v) is 11.1. The van der Waals surface area contributed by atoms with Crippen LogP contribution in [0.4, 0.5) is 0 Å². The van der Waals surface area contributed by atoms with Gasteiger partial charge in [0.05, 0.1) is 0 Å². The summed E-state index contributed by atoms with van der Waals surface area (Å²) in [5.41, 5.74) is 0. The van der Waals surface area contributed by atoms with Gasteiger partial charge in [0.2, 0.25) is 0 Å². The van der Waals surface area contributed by atoms with E-state index >= 15 is 0 Å². The zero-order valence-electron chi connectivity index (χ0n) is 11.1. The lowest BCUT2D eigenvalue weighted by molar-refractivity contribution is 0.0995. The van der Waals surface area contributed by atoms with Crippen LogP contribution in [0.1, 0.15) is 41.0 Å². The van der Waals surface area contributed by atoms with E-state index < -0.39 is 0 Å². The predicted octanol–water partition coefficient (Wildman–Crippen LogP) is 2.35. The first-order chi connectivity index (χ1) is 7.00. The summed E-state index contributed by atoms with van der Waals surface area (Å²) in [6.07, 6.45) is 1.36. The van der Waals surface area contributed by atoms with Crippen LogP contribution >= 0.6 is 0 Å². The minimum atomic E-state index is 0.671. The molecular formula is C13H28N2. The number of nitrogens with zero attached hydrogens (tertiary/aromatic N) is 1. The Morgan fingerprint density at radius 1 is 1.20 bits per heavy atom. The van der Waals surface area contributed by atoms with Crippen LogP contribution in [-0.4, -0.2) is 36.6 Å². The lowest BCUT2D eigenvalue weighted by Gasteiger charge is -2.40. The average molecular weight is 212 g/mol. The number of hydrogen-bond donors (Lipinski definition) is 1. The maximum absolute atomic E-state index is 3.55. The fourth-order valence-electron chi connectivity index (χ4n) is 2.58. The molecule has 0 spiro atoms. The molecule has 1 fully saturated rings. The Hall–Kier alpha value is -0.0800. The smallest absolute Gasteiger partial charge is 0.0226 e. The van der Waals surface area contributed by atoms with Crippen LogP contribution < -0.4 is 5.32 Å². The molecule has 0 bridgehead atoms. The maximum Gasteiger partial charge on any atom is 0.0226 e. The summed E-state index contributed by atoms with van der Waals surface area (Å²) in [5.74, 6) is 1.60. The van der Waals surface area contributed by atoms with Crippen LogP contribution in [0, 0.1) is 11.8 Å². The Morgan fingerprint density at radius 3 is 2.33 bits per heavy atom. The van der Waals surface area contributed by atoms with Gasteiger partial charge < -0.3 is 5.32 Å². The molecule has 0 radical (unpaired) electrons. The van der Waals surface area contributed by atoms with Crippen molar-refractivity contribution < 1.29 is 0 Å². The van der Waals surface area contributed by atoms with Gasteiger partial charge in [0.15, 0.2) is 0 Å². The van der Waals surface area contributed by atoms with Gasteiger partial charge in [-0.15, -0.1) is 0 Å². The molecule has 1 saturated heterocycles. The SMILES string of the molecule is CC(C)CN(C(C)C)C1CNCC(C)C1. The van der Waals surface area contributed by atoms with Gasteiger partial charge in [0, 0.05) is 25.2 Å². The van der Waals surface area contributed by atoms with Gasteiger partial charge in [-0.3, -0.25) is 4.90 Å². The van der Waals surface area contributed by atoms with Crippen LogP contribution in [0.15, 0.2) is 0 Å². The summed E-state index contributed by atoms with van der Waals surface area (Å²) in [6, 6.07) is 1.42. The summed E-state index contributed by atoms with van der Waals surface area (Å²) < 4.78 is 0. The molecule has 0 aromatic rings.